The van der Waals surface area contributed by atoms with Crippen molar-refractivity contribution in [1.82, 2.24) is 0 Å². The number of hydrogen-bond donors (Lipinski definition) is 1. The molecule has 4 aliphatic carbocycles. The number of rotatable bonds is 3. The zero-order valence-electron chi connectivity index (χ0n) is 14.2. The van der Waals surface area contributed by atoms with Crippen molar-refractivity contribution < 1.29 is 21.0 Å². The Balaban J connectivity index is 1.52. The molecule has 0 aromatic heterocycles. The van der Waals surface area contributed by atoms with Gasteiger partial charge >= 0.3 is 10.3 Å². The van der Waals surface area contributed by atoms with Crippen LogP contribution in [0.4, 0.5) is 0 Å². The lowest BCUT2D eigenvalue weighted by atomic mass is 9.52. The minimum absolute atomic E-state index is 0.0745. The molecule has 8 heteroatoms. The highest BCUT2D eigenvalue weighted by molar-refractivity contribution is 7.95. The molecule has 140 valence electrons. The van der Waals surface area contributed by atoms with E-state index in [-0.39, 0.29) is 16.6 Å². The molecule has 0 atom stereocenters. The minimum atomic E-state index is -4.19. The van der Waals surface area contributed by atoms with Crippen molar-refractivity contribution in [2.75, 3.05) is 0 Å². The Morgan fingerprint density at radius 2 is 1.62 bits per heavy atom. The Morgan fingerprint density at radius 3 is 2.19 bits per heavy atom. The van der Waals surface area contributed by atoms with Crippen molar-refractivity contribution in [1.29, 1.82) is 0 Å². The average molecular weight is 396 g/mol. The molecule has 0 spiro atoms. The molecule has 1 aromatic carbocycles. The fourth-order valence-electron chi connectivity index (χ4n) is 6.08. The Morgan fingerprint density at radius 1 is 1.00 bits per heavy atom. The summed E-state index contributed by atoms with van der Waals surface area (Å²) in [4.78, 5) is 0.650. The van der Waals surface area contributed by atoms with Gasteiger partial charge in [-0.15, -0.1) is 0 Å². The van der Waals surface area contributed by atoms with Gasteiger partial charge in [-0.3, -0.25) is 0 Å². The Kier molecular flexibility index (Phi) is 3.44. The van der Waals surface area contributed by atoms with Gasteiger partial charge < -0.3 is 4.18 Å². The zero-order chi connectivity index (χ0) is 18.3. The normalized spacial score (nSPS) is 36.7. The summed E-state index contributed by atoms with van der Waals surface area (Å²) in [5.41, 5.74) is 0.607. The summed E-state index contributed by atoms with van der Waals surface area (Å²) < 4.78 is 53.4. The van der Waals surface area contributed by atoms with Crippen LogP contribution in [-0.4, -0.2) is 16.8 Å². The molecule has 1 aromatic rings. The van der Waals surface area contributed by atoms with E-state index < -0.39 is 20.1 Å². The van der Waals surface area contributed by atoms with Crippen molar-refractivity contribution in [3.8, 4) is 5.75 Å². The first-order valence-corrected chi connectivity index (χ1v) is 12.0. The third-order valence-electron chi connectivity index (χ3n) is 6.65. The quantitative estimate of drug-likeness (QED) is 0.847. The third kappa shape index (κ3) is 2.53. The SMILES string of the molecule is NS(=O)(=O)Oc1ccc2c(c1)S(=O)(=O)C(C1C3CC4CC(C3)CC1C4)=C2. The van der Waals surface area contributed by atoms with Crippen LogP contribution in [0, 0.1) is 29.6 Å². The molecule has 0 amide bonds. The lowest BCUT2D eigenvalue weighted by molar-refractivity contribution is -0.0176. The summed E-state index contributed by atoms with van der Waals surface area (Å²) in [5.74, 6) is 2.49. The molecule has 0 radical (unpaired) electrons. The number of fused-ring (bicyclic) bond motifs is 1. The van der Waals surface area contributed by atoms with Crippen molar-refractivity contribution in [3.05, 3.63) is 28.7 Å². The van der Waals surface area contributed by atoms with E-state index in [0.717, 1.165) is 37.5 Å². The van der Waals surface area contributed by atoms with E-state index >= 15 is 0 Å². The van der Waals surface area contributed by atoms with Gasteiger partial charge in [-0.05, 0) is 79.5 Å². The zero-order valence-corrected chi connectivity index (χ0v) is 15.8. The number of sulfone groups is 1. The van der Waals surface area contributed by atoms with Gasteiger partial charge in [0.2, 0.25) is 9.84 Å². The average Bonchev–Trinajstić information content (AvgIpc) is 2.76. The van der Waals surface area contributed by atoms with E-state index in [0.29, 0.717) is 22.3 Å². The fourth-order valence-corrected chi connectivity index (χ4v) is 8.44. The lowest BCUT2D eigenvalue weighted by Crippen LogP contribution is -2.46. The summed E-state index contributed by atoms with van der Waals surface area (Å²) in [6, 6.07) is 4.31. The van der Waals surface area contributed by atoms with E-state index in [2.05, 4.69) is 4.18 Å². The Labute approximate surface area is 153 Å². The molecular formula is C18H21NO5S2. The van der Waals surface area contributed by atoms with Crippen LogP contribution < -0.4 is 9.32 Å². The number of benzene rings is 1. The molecule has 26 heavy (non-hydrogen) atoms. The second-order valence-corrected chi connectivity index (χ2v) is 11.4. The van der Waals surface area contributed by atoms with Crippen LogP contribution in [0.2, 0.25) is 0 Å². The molecule has 0 saturated heterocycles. The van der Waals surface area contributed by atoms with Crippen LogP contribution in [0.25, 0.3) is 6.08 Å². The van der Waals surface area contributed by atoms with Gasteiger partial charge in [0.25, 0.3) is 0 Å². The van der Waals surface area contributed by atoms with Crippen LogP contribution in [0.15, 0.2) is 28.0 Å². The van der Waals surface area contributed by atoms with Gasteiger partial charge in [0.05, 0.1) is 9.80 Å². The predicted octanol–water partition coefficient (Wildman–Crippen LogP) is 2.47. The summed E-state index contributed by atoms with van der Waals surface area (Å²) in [6.45, 7) is 0. The largest absolute Gasteiger partial charge is 0.380 e. The number of nitrogens with two attached hydrogens (primary N) is 1. The minimum Gasteiger partial charge on any atom is -0.371 e. The first-order chi connectivity index (χ1) is 12.2. The summed E-state index contributed by atoms with van der Waals surface area (Å²) >= 11 is 0. The van der Waals surface area contributed by atoms with Crippen molar-refractivity contribution in [3.63, 3.8) is 0 Å². The second-order valence-electron chi connectivity index (χ2n) is 8.28. The third-order valence-corrected chi connectivity index (χ3v) is 9.02. The van der Waals surface area contributed by atoms with Gasteiger partial charge in [-0.25, -0.2) is 8.42 Å². The Bertz CT molecular complexity index is 998. The number of allylic oxidation sites excluding steroid dienone is 1. The number of hydrogen-bond acceptors (Lipinski definition) is 5. The molecule has 2 N–H and O–H groups in total. The van der Waals surface area contributed by atoms with E-state index in [1.807, 2.05) is 0 Å². The fraction of sp³-hybridized carbons (Fsp3) is 0.556. The molecule has 1 heterocycles. The van der Waals surface area contributed by atoms with Gasteiger partial charge in [-0.2, -0.15) is 13.6 Å². The van der Waals surface area contributed by atoms with E-state index in [1.165, 1.54) is 18.6 Å². The summed E-state index contributed by atoms with van der Waals surface area (Å²) in [5, 5.41) is 4.89. The van der Waals surface area contributed by atoms with Gasteiger partial charge in [0, 0.05) is 12.0 Å². The van der Waals surface area contributed by atoms with Gasteiger partial charge in [0.15, 0.2) is 0 Å². The highest BCUT2D eigenvalue weighted by Gasteiger charge is 2.52. The monoisotopic (exact) mass is 395 g/mol. The molecule has 1 aliphatic heterocycles. The van der Waals surface area contributed by atoms with Gasteiger partial charge in [0.1, 0.15) is 5.75 Å². The first kappa shape index (κ1) is 16.8. The molecule has 5 aliphatic rings. The topological polar surface area (TPSA) is 104 Å². The molecule has 4 saturated carbocycles. The van der Waals surface area contributed by atoms with Crippen LogP contribution >= 0.6 is 0 Å². The maximum absolute atomic E-state index is 13.2. The van der Waals surface area contributed by atoms with Crippen LogP contribution in [0.5, 0.6) is 5.75 Å². The van der Waals surface area contributed by atoms with Crippen molar-refractivity contribution in [2.24, 2.45) is 34.7 Å². The molecule has 4 bridgehead atoms. The smallest absolute Gasteiger partial charge is 0.371 e. The standard InChI is InChI=1S/C18H21NO5S2/c19-26(22,23)24-15-2-1-12-8-17(25(20,21)16(12)9-15)18-13-4-10-3-11(6-13)7-14(18)5-10/h1-2,8-11,13-14,18H,3-7H2,(H2,19,22,23). The molecule has 6 nitrogen and oxygen atoms in total. The first-order valence-electron chi connectivity index (χ1n) is 9.03. The maximum Gasteiger partial charge on any atom is 0.380 e. The molecule has 4 fully saturated rings. The Hall–Kier alpha value is -1.38. The highest BCUT2D eigenvalue weighted by Crippen LogP contribution is 2.60. The molecule has 6 rings (SSSR count). The molecule has 0 unspecified atom stereocenters. The highest BCUT2D eigenvalue weighted by atomic mass is 32.2. The van der Waals surface area contributed by atoms with Crippen molar-refractivity contribution in [2.45, 2.75) is 37.0 Å². The maximum atomic E-state index is 13.2. The lowest BCUT2D eigenvalue weighted by Gasteiger charge is -2.54. The van der Waals surface area contributed by atoms with Crippen molar-refractivity contribution >= 4 is 26.2 Å². The summed E-state index contributed by atoms with van der Waals surface area (Å²) in [6.07, 6.45) is 7.67. The summed E-state index contributed by atoms with van der Waals surface area (Å²) in [7, 11) is -7.81. The van der Waals surface area contributed by atoms with Crippen LogP contribution in [-0.2, 0) is 20.1 Å². The van der Waals surface area contributed by atoms with E-state index in [9.17, 15) is 16.8 Å². The van der Waals surface area contributed by atoms with Crippen LogP contribution in [0.1, 0.15) is 37.7 Å². The second kappa shape index (κ2) is 5.33. The van der Waals surface area contributed by atoms with E-state index in [1.54, 1.807) is 12.1 Å². The van der Waals surface area contributed by atoms with Gasteiger partial charge in [-0.1, -0.05) is 0 Å². The predicted molar refractivity (Wildman–Crippen MR) is 95.9 cm³/mol. The molecular weight excluding hydrogens is 374 g/mol. The van der Waals surface area contributed by atoms with Crippen LogP contribution in [0.3, 0.4) is 0 Å². The van der Waals surface area contributed by atoms with E-state index in [4.69, 9.17) is 5.14 Å².